The molecule has 14 rings (SSSR count). The van der Waals surface area contributed by atoms with Gasteiger partial charge in [-0.15, -0.1) is 6.20 Å². The summed E-state index contributed by atoms with van der Waals surface area (Å²) in [5.74, 6) is 1.17. The van der Waals surface area contributed by atoms with Crippen molar-refractivity contribution >= 4 is 34.8 Å². The van der Waals surface area contributed by atoms with Crippen molar-refractivity contribution in [2.24, 2.45) is 16.3 Å². The number of carbonyl (C=O) groups excluding carboxylic acids is 1. The fourth-order valence-corrected chi connectivity index (χ4v) is 12.3. The second-order valence-electron chi connectivity index (χ2n) is 34.6. The van der Waals surface area contributed by atoms with E-state index in [1.54, 1.807) is 57.1 Å². The van der Waals surface area contributed by atoms with Crippen LogP contribution < -0.4 is 43.3 Å². The van der Waals surface area contributed by atoms with Gasteiger partial charge in [-0.25, -0.2) is 20.8 Å². The van der Waals surface area contributed by atoms with Crippen molar-refractivity contribution in [2.45, 2.75) is 288 Å². The topological polar surface area (TPSA) is 272 Å². The first-order valence-corrected chi connectivity index (χ1v) is 48.3. The Morgan fingerprint density at radius 3 is 1.21 bits per heavy atom. The van der Waals surface area contributed by atoms with E-state index >= 15 is 0 Å². The van der Waals surface area contributed by atoms with Crippen LogP contribution in [0.15, 0.2) is 320 Å². The van der Waals surface area contributed by atoms with Crippen LogP contribution in [0, 0.1) is 17.4 Å². The number of para-hydroxylation sites is 2. The molecule has 0 bridgehead atoms. The molecule has 6 aromatic heterocycles. The van der Waals surface area contributed by atoms with E-state index in [2.05, 4.69) is 102 Å². The molecular formula is C116H157N14O7Re6-5. The molecule has 780 valence electrons. The fraction of sp³-hybridized carbons (Fsp3) is 0.388. The Labute approximate surface area is 937 Å². The summed E-state index contributed by atoms with van der Waals surface area (Å²) in [6.45, 7) is 64.5. The summed E-state index contributed by atoms with van der Waals surface area (Å²) >= 11 is 0. The molecule has 1 aliphatic rings. The third-order valence-corrected chi connectivity index (χ3v) is 19.2. The van der Waals surface area contributed by atoms with E-state index in [1.165, 1.54) is 27.6 Å². The molecule has 0 saturated heterocycles. The first-order chi connectivity index (χ1) is 65.4. The van der Waals surface area contributed by atoms with Crippen LogP contribution in [-0.2, 0) is 176 Å². The van der Waals surface area contributed by atoms with Crippen LogP contribution in [0.25, 0.3) is 10.6 Å². The van der Waals surface area contributed by atoms with E-state index in [0.717, 1.165) is 57.9 Å². The van der Waals surface area contributed by atoms with Crippen LogP contribution in [0.3, 0.4) is 0 Å². The number of aliphatic imine (C=N–C) groups is 1. The normalized spacial score (nSPS) is 10.9. The van der Waals surface area contributed by atoms with E-state index in [1.807, 2.05) is 413 Å². The number of hydrogen-bond acceptors (Lipinski definition) is 12. The summed E-state index contributed by atoms with van der Waals surface area (Å²) in [5.41, 5.74) is 10.9. The summed E-state index contributed by atoms with van der Waals surface area (Å²) in [6.07, 6.45) is 18.3. The molecule has 7 aromatic carbocycles. The van der Waals surface area contributed by atoms with Gasteiger partial charge in [0.2, 0.25) is 0 Å². The molecule has 1 atom stereocenters. The van der Waals surface area contributed by atoms with Gasteiger partial charge in [-0.2, -0.15) is 5.95 Å². The minimum atomic E-state index is -0.257. The quantitative estimate of drug-likeness (QED) is 0.0767. The van der Waals surface area contributed by atoms with Crippen molar-refractivity contribution in [1.82, 2.24) is 53.2 Å². The number of amides is 1. The van der Waals surface area contributed by atoms with Crippen molar-refractivity contribution in [3.8, 4) is 0 Å². The van der Waals surface area contributed by atoms with E-state index in [9.17, 15) is 33.6 Å². The molecule has 1 amide bonds. The SMILES string of the molecule is CC.CC.CC.CC.CC.CC.CC.CC(C)(C)C1C=CC(Cc2ccccc2)=NC1=O.CC(C)(C)c1cnc([N-]c2ccccc2)[n-]c1=O.CC(C)(C)c1cncn(Cc2ccccc2)c1=O.CC(C)(C)n1ccc(Cc2ccccc2)cc1=O.CC(C)c1cnc(Cc2ccccc2)[n-]c1=O.CC(C)n1cnc(Cc2ccccc2)cc1=O.CC(C)n1cnc([N-]c2ccccc2)[c-]c1=O.[Re].[Re].[Re].[Re].[Re].[Re]. The Balaban J connectivity index is -0.000000372. The molecule has 27 heteroatoms. The first-order valence-electron chi connectivity index (χ1n) is 48.3. The number of allylic oxidation sites excluding steroid dienone is 1. The Hall–Kier alpha value is -9.46. The molecule has 0 aliphatic carbocycles. The first kappa shape index (κ1) is 144. The number of dihydropyridines is 1. The van der Waals surface area contributed by atoms with Gasteiger partial charge in [0.15, 0.2) is 5.56 Å². The van der Waals surface area contributed by atoms with Crippen LogP contribution in [0.4, 0.5) is 23.1 Å². The minimum absolute atomic E-state index is 0. The second kappa shape index (κ2) is 78.9. The van der Waals surface area contributed by atoms with Gasteiger partial charge >= 0.3 is 0 Å². The molecule has 0 N–H and O–H groups in total. The number of hydrogen-bond donors (Lipinski definition) is 0. The van der Waals surface area contributed by atoms with E-state index in [0.29, 0.717) is 42.2 Å². The van der Waals surface area contributed by atoms with E-state index in [4.69, 9.17) is 0 Å². The number of aromatic nitrogens is 11. The summed E-state index contributed by atoms with van der Waals surface area (Å²) in [6, 6.07) is 77.1. The largest absolute Gasteiger partial charge is 0.530 e. The maximum Gasteiger partial charge on any atom is 0.257 e. The molecule has 1 aliphatic heterocycles. The molecule has 7 heterocycles. The van der Waals surface area contributed by atoms with Crippen LogP contribution in [0.1, 0.15) is 301 Å². The standard InChI is InChI=1S/2C16H19NO.C15H18N2O.C14H16N3O.2C14H16N2O.C13H14N3O.7C2H6.6Re/c1-16(2,3)17-10-9-14(12-15(17)18)11-13-7-5-4-6-8-13;1-16(2,3)14-10-9-13(17-15(14)18)11-12-7-5-4-6-8-12;1-15(2,3)13-9-16-11-17(14(13)18)10-12-7-5-4-6-8-12;1-14(2,3)11-9-15-13(17-12(11)18)16-10-7-5-4-6-8-10;1-11(2)16-10-15-13(9-14(16)17)8-12-6-4-3-5-7-12;1-10(2)12-9-15-13(16-14(12)17)8-11-6-4-3-5-7-11;1-10(2)16-9-14-12(8-13(16)17)15-11-6-4-3-5-7-11;7*1-2;;;;;;/h4-10,12H,11H2,1-3H3;4-10,14H,11H2,1-3H3;4-9,11H,10H2,1-3H3;4-9H,1-3H3,(H-,15,16,17,18);3-7,9-11H,8H2,1-2H3;3-7,9-10H,8H2,1-2H3,(H,15,16,17);3-7,9-10H,1-2H3,(H,15,17);7*1-2H3;;;;;;/q;;;-1;;;-1;;;;;;;;;;;;;/p-3. The Kier molecular flexibility index (Phi) is 79.5. The number of pyridine rings is 1. The van der Waals surface area contributed by atoms with Crippen LogP contribution in [0.5, 0.6) is 0 Å². The molecule has 143 heavy (non-hydrogen) atoms. The van der Waals surface area contributed by atoms with Crippen LogP contribution in [-0.4, -0.2) is 54.8 Å². The number of rotatable bonds is 17. The summed E-state index contributed by atoms with van der Waals surface area (Å²) < 4.78 is 6.58. The van der Waals surface area contributed by atoms with Gasteiger partial charge in [-0.1, -0.05) is 409 Å². The molecule has 0 saturated carbocycles. The Morgan fingerprint density at radius 1 is 0.399 bits per heavy atom. The van der Waals surface area contributed by atoms with Crippen molar-refractivity contribution in [1.29, 1.82) is 0 Å². The predicted octanol–water partition coefficient (Wildman–Crippen LogP) is 26.9. The predicted molar refractivity (Wildman–Crippen MR) is 576 cm³/mol. The zero-order valence-corrected chi connectivity index (χ0v) is 107. The number of benzene rings is 7. The van der Waals surface area contributed by atoms with Gasteiger partial charge in [0, 0.05) is 189 Å². The number of nitrogens with zero attached hydrogens (tertiary/aromatic N) is 14. The zero-order chi connectivity index (χ0) is 103. The van der Waals surface area contributed by atoms with Crippen LogP contribution >= 0.6 is 0 Å². The molecular weight excluding hydrogens is 2820 g/mol. The molecule has 0 fully saturated rings. The average Bonchev–Trinajstić information content (AvgIpc) is 0.824. The minimum Gasteiger partial charge on any atom is -0.530 e. The van der Waals surface area contributed by atoms with E-state index < -0.39 is 0 Å². The second-order valence-corrected chi connectivity index (χ2v) is 34.6. The van der Waals surface area contributed by atoms with Crippen molar-refractivity contribution in [3.63, 3.8) is 0 Å². The molecule has 21 nitrogen and oxygen atoms in total. The Morgan fingerprint density at radius 2 is 0.818 bits per heavy atom. The Bertz CT molecular complexity index is 5600. The van der Waals surface area contributed by atoms with Gasteiger partial charge < -0.3 is 60.3 Å². The maximum atomic E-state index is 12.3. The van der Waals surface area contributed by atoms with Gasteiger partial charge in [-0.3, -0.25) is 33.1 Å². The summed E-state index contributed by atoms with van der Waals surface area (Å²) in [4.78, 5) is 117. The summed E-state index contributed by atoms with van der Waals surface area (Å²) in [5, 5.41) is 8.43. The van der Waals surface area contributed by atoms with Gasteiger partial charge in [-0.05, 0) is 152 Å². The van der Waals surface area contributed by atoms with E-state index in [-0.39, 0.29) is 213 Å². The zero-order valence-electron chi connectivity index (χ0n) is 90.4. The summed E-state index contributed by atoms with van der Waals surface area (Å²) in [7, 11) is 0. The van der Waals surface area contributed by atoms with Gasteiger partial charge in [0.05, 0.1) is 36.4 Å². The van der Waals surface area contributed by atoms with Crippen LogP contribution in [0.2, 0.25) is 0 Å². The molecule has 13 aromatic rings. The smallest absolute Gasteiger partial charge is 0.257 e. The van der Waals surface area contributed by atoms with Gasteiger partial charge in [0.1, 0.15) is 5.56 Å². The fourth-order valence-electron chi connectivity index (χ4n) is 12.3. The van der Waals surface area contributed by atoms with Gasteiger partial charge in [0.25, 0.3) is 22.6 Å². The van der Waals surface area contributed by atoms with Crippen molar-refractivity contribution in [2.75, 3.05) is 0 Å². The monoisotopic (exact) mass is 2980 g/mol. The molecule has 1 unspecified atom stereocenters. The van der Waals surface area contributed by atoms with Crippen molar-refractivity contribution in [3.05, 3.63) is 427 Å². The van der Waals surface area contributed by atoms with Crippen molar-refractivity contribution < 1.29 is 127 Å². The molecule has 0 spiro atoms. The maximum absolute atomic E-state index is 12.3. The third kappa shape index (κ3) is 55.1. The third-order valence-electron chi connectivity index (χ3n) is 19.2. The molecule has 6 radical (unpaired) electrons. The average molecular weight is 2980 g/mol. The number of carbonyl (C=O) groups is 1.